The van der Waals surface area contributed by atoms with Crippen molar-refractivity contribution in [1.29, 1.82) is 0 Å². The van der Waals surface area contributed by atoms with Gasteiger partial charge in [0.25, 0.3) is 5.91 Å². The van der Waals surface area contributed by atoms with E-state index in [4.69, 9.17) is 0 Å². The van der Waals surface area contributed by atoms with Crippen LogP contribution in [-0.4, -0.2) is 40.2 Å². The van der Waals surface area contributed by atoms with E-state index in [1.165, 1.54) is 24.3 Å². The van der Waals surface area contributed by atoms with Crippen LogP contribution in [0.15, 0.2) is 29.2 Å². The lowest BCUT2D eigenvalue weighted by Crippen LogP contribution is -2.32. The maximum Gasteiger partial charge on any atom is 0.251 e. The highest BCUT2D eigenvalue weighted by molar-refractivity contribution is 7.90. The molecule has 5 nitrogen and oxygen atoms in total. The van der Waals surface area contributed by atoms with E-state index in [9.17, 15) is 13.2 Å². The SMILES string of the molecule is CCCNCCNC(=O)c1ccc(S(C)(=O)=O)cc1.Cl. The van der Waals surface area contributed by atoms with Gasteiger partial charge in [-0.2, -0.15) is 0 Å². The molecule has 0 unspecified atom stereocenters. The Morgan fingerprint density at radius 3 is 2.20 bits per heavy atom. The van der Waals surface area contributed by atoms with Gasteiger partial charge in [-0.3, -0.25) is 4.79 Å². The first-order chi connectivity index (χ1) is 8.95. The van der Waals surface area contributed by atoms with E-state index in [0.29, 0.717) is 12.1 Å². The van der Waals surface area contributed by atoms with Gasteiger partial charge in [-0.1, -0.05) is 6.92 Å². The number of hydrogen-bond acceptors (Lipinski definition) is 4. The van der Waals surface area contributed by atoms with E-state index in [1.54, 1.807) is 0 Å². The average molecular weight is 321 g/mol. The number of amides is 1. The summed E-state index contributed by atoms with van der Waals surface area (Å²) in [5, 5.41) is 5.94. The summed E-state index contributed by atoms with van der Waals surface area (Å²) in [4.78, 5) is 12.0. The third-order valence-corrected chi connectivity index (χ3v) is 3.69. The summed E-state index contributed by atoms with van der Waals surface area (Å²) in [6.45, 7) is 4.28. The molecule has 0 aliphatic heterocycles. The molecule has 2 N–H and O–H groups in total. The number of rotatable bonds is 7. The molecular weight excluding hydrogens is 300 g/mol. The molecule has 1 aromatic carbocycles. The monoisotopic (exact) mass is 320 g/mol. The molecule has 0 saturated carbocycles. The summed E-state index contributed by atoms with van der Waals surface area (Å²) in [7, 11) is -3.21. The fourth-order valence-electron chi connectivity index (χ4n) is 1.52. The van der Waals surface area contributed by atoms with Crippen molar-refractivity contribution in [3.63, 3.8) is 0 Å². The maximum atomic E-state index is 11.8. The molecule has 0 atom stereocenters. The van der Waals surface area contributed by atoms with Crippen LogP contribution in [0.4, 0.5) is 0 Å². The van der Waals surface area contributed by atoms with E-state index >= 15 is 0 Å². The highest BCUT2D eigenvalue weighted by atomic mass is 35.5. The van der Waals surface area contributed by atoms with Gasteiger partial charge in [-0.25, -0.2) is 8.42 Å². The molecule has 7 heteroatoms. The normalized spacial score (nSPS) is 10.7. The zero-order chi connectivity index (χ0) is 14.3. The van der Waals surface area contributed by atoms with Gasteiger partial charge in [0.2, 0.25) is 0 Å². The van der Waals surface area contributed by atoms with Crippen LogP contribution in [0.25, 0.3) is 0 Å². The van der Waals surface area contributed by atoms with Gasteiger partial charge < -0.3 is 10.6 Å². The Hall–Kier alpha value is -1.11. The van der Waals surface area contributed by atoms with Gasteiger partial charge in [0, 0.05) is 24.9 Å². The van der Waals surface area contributed by atoms with Crippen molar-refractivity contribution in [3.8, 4) is 0 Å². The number of sulfone groups is 1. The molecule has 1 rings (SSSR count). The minimum Gasteiger partial charge on any atom is -0.351 e. The third-order valence-electron chi connectivity index (χ3n) is 2.56. The van der Waals surface area contributed by atoms with Crippen LogP contribution in [0.5, 0.6) is 0 Å². The van der Waals surface area contributed by atoms with Crippen LogP contribution >= 0.6 is 12.4 Å². The topological polar surface area (TPSA) is 75.3 Å². The second-order valence-electron chi connectivity index (χ2n) is 4.30. The molecule has 0 saturated heterocycles. The minimum absolute atomic E-state index is 0. The fraction of sp³-hybridized carbons (Fsp3) is 0.462. The van der Waals surface area contributed by atoms with Crippen LogP contribution in [0, 0.1) is 0 Å². The minimum atomic E-state index is -3.21. The molecule has 0 radical (unpaired) electrons. The lowest BCUT2D eigenvalue weighted by molar-refractivity contribution is 0.0954. The Bertz CT molecular complexity index is 515. The van der Waals surface area contributed by atoms with Gasteiger partial charge >= 0.3 is 0 Å². The average Bonchev–Trinajstić information content (AvgIpc) is 2.37. The van der Waals surface area contributed by atoms with Crippen molar-refractivity contribution in [2.45, 2.75) is 18.2 Å². The number of halogens is 1. The van der Waals surface area contributed by atoms with E-state index in [-0.39, 0.29) is 23.2 Å². The van der Waals surface area contributed by atoms with Crippen LogP contribution in [0.1, 0.15) is 23.7 Å². The van der Waals surface area contributed by atoms with Crippen LogP contribution in [0.2, 0.25) is 0 Å². The van der Waals surface area contributed by atoms with Crippen molar-refractivity contribution in [2.75, 3.05) is 25.9 Å². The lowest BCUT2D eigenvalue weighted by Gasteiger charge is -2.06. The molecule has 1 aromatic rings. The number of benzene rings is 1. The van der Waals surface area contributed by atoms with Gasteiger partial charge in [0.1, 0.15) is 0 Å². The zero-order valence-corrected chi connectivity index (χ0v) is 13.3. The predicted octanol–water partition coefficient (Wildman–Crippen LogP) is 1.24. The molecule has 0 aromatic heterocycles. The Balaban J connectivity index is 0.00000361. The predicted molar refractivity (Wildman–Crippen MR) is 82.3 cm³/mol. The van der Waals surface area contributed by atoms with Gasteiger partial charge in [0.05, 0.1) is 4.90 Å². The first-order valence-corrected chi connectivity index (χ1v) is 8.13. The van der Waals surface area contributed by atoms with Crippen LogP contribution < -0.4 is 10.6 Å². The Labute approximate surface area is 126 Å². The first kappa shape index (κ1) is 18.9. The van der Waals surface area contributed by atoms with E-state index in [1.807, 2.05) is 0 Å². The summed E-state index contributed by atoms with van der Waals surface area (Å²) in [6, 6.07) is 5.93. The largest absolute Gasteiger partial charge is 0.351 e. The number of hydrogen-bond donors (Lipinski definition) is 2. The Morgan fingerprint density at radius 2 is 1.70 bits per heavy atom. The van der Waals surface area contributed by atoms with Crippen molar-refractivity contribution in [3.05, 3.63) is 29.8 Å². The Morgan fingerprint density at radius 1 is 1.10 bits per heavy atom. The second-order valence-corrected chi connectivity index (χ2v) is 6.32. The summed E-state index contributed by atoms with van der Waals surface area (Å²) in [5.74, 6) is -0.196. The van der Waals surface area contributed by atoms with E-state index < -0.39 is 9.84 Å². The van der Waals surface area contributed by atoms with Gasteiger partial charge in [-0.05, 0) is 37.2 Å². The van der Waals surface area contributed by atoms with Crippen LogP contribution in [-0.2, 0) is 9.84 Å². The molecule has 1 amide bonds. The molecular formula is C13H21ClN2O3S. The molecule has 0 spiro atoms. The van der Waals surface area contributed by atoms with Crippen molar-refractivity contribution in [1.82, 2.24) is 10.6 Å². The molecule has 0 fully saturated rings. The highest BCUT2D eigenvalue weighted by Gasteiger charge is 2.09. The van der Waals surface area contributed by atoms with E-state index in [2.05, 4.69) is 17.6 Å². The molecule has 0 aliphatic rings. The maximum absolute atomic E-state index is 11.8. The summed E-state index contributed by atoms with van der Waals surface area (Å²) < 4.78 is 22.6. The standard InChI is InChI=1S/C13H20N2O3S.ClH/c1-3-8-14-9-10-15-13(16)11-4-6-12(7-5-11)19(2,17)18;/h4-7,14H,3,8-10H2,1-2H3,(H,15,16);1H. The molecule has 20 heavy (non-hydrogen) atoms. The molecule has 0 aliphatic carbocycles. The van der Waals surface area contributed by atoms with Gasteiger partial charge in [-0.15, -0.1) is 12.4 Å². The number of nitrogens with one attached hydrogen (secondary N) is 2. The molecule has 114 valence electrons. The van der Waals surface area contributed by atoms with Crippen molar-refractivity contribution in [2.24, 2.45) is 0 Å². The fourth-order valence-corrected chi connectivity index (χ4v) is 2.15. The van der Waals surface area contributed by atoms with Gasteiger partial charge in [0.15, 0.2) is 9.84 Å². The van der Waals surface area contributed by atoms with Crippen molar-refractivity contribution >= 4 is 28.2 Å². The summed E-state index contributed by atoms with van der Waals surface area (Å²) in [5.41, 5.74) is 0.461. The zero-order valence-electron chi connectivity index (χ0n) is 11.7. The molecule has 0 bridgehead atoms. The highest BCUT2D eigenvalue weighted by Crippen LogP contribution is 2.10. The smallest absolute Gasteiger partial charge is 0.251 e. The lowest BCUT2D eigenvalue weighted by atomic mass is 10.2. The third kappa shape index (κ3) is 6.36. The second kappa shape index (κ2) is 8.94. The molecule has 0 heterocycles. The summed E-state index contributed by atoms with van der Waals surface area (Å²) in [6.07, 6.45) is 2.20. The van der Waals surface area contributed by atoms with E-state index in [0.717, 1.165) is 25.8 Å². The number of carbonyl (C=O) groups is 1. The number of carbonyl (C=O) groups excluding carboxylic acids is 1. The summed E-state index contributed by atoms with van der Waals surface area (Å²) >= 11 is 0. The first-order valence-electron chi connectivity index (χ1n) is 6.24. The van der Waals surface area contributed by atoms with Crippen molar-refractivity contribution < 1.29 is 13.2 Å². The quantitative estimate of drug-likeness (QED) is 0.741. The Kier molecular flexibility index (Phi) is 8.45. The van der Waals surface area contributed by atoms with Crippen LogP contribution in [0.3, 0.4) is 0 Å².